The number of Topliss-reactive ketones (excluding diaryl/α,β-unsaturated/α-hetero) is 1. The van der Waals surface area contributed by atoms with Crippen LogP contribution < -0.4 is 0 Å². The first-order valence-corrected chi connectivity index (χ1v) is 8.72. The molecule has 3 heterocycles. The molecule has 1 amide bonds. The Hall–Kier alpha value is -1.91. The van der Waals surface area contributed by atoms with Gasteiger partial charge in [0, 0.05) is 36.0 Å². The zero-order chi connectivity index (χ0) is 17.5. The van der Waals surface area contributed by atoms with E-state index < -0.39 is 5.60 Å². The summed E-state index contributed by atoms with van der Waals surface area (Å²) >= 11 is 0. The molecule has 130 valence electrons. The summed E-state index contributed by atoms with van der Waals surface area (Å²) in [7, 11) is 0. The van der Waals surface area contributed by atoms with Crippen molar-refractivity contribution in [1.82, 2.24) is 9.88 Å². The van der Waals surface area contributed by atoms with Crippen molar-refractivity contribution in [3.8, 4) is 0 Å². The van der Waals surface area contributed by atoms with Crippen molar-refractivity contribution in [2.24, 2.45) is 5.92 Å². The monoisotopic (exact) mass is 330 g/mol. The van der Waals surface area contributed by atoms with Gasteiger partial charge in [0.15, 0.2) is 5.78 Å². The van der Waals surface area contributed by atoms with Crippen molar-refractivity contribution < 1.29 is 14.3 Å². The molecular weight excluding hydrogens is 304 g/mol. The van der Waals surface area contributed by atoms with Crippen LogP contribution in [0.4, 0.5) is 4.79 Å². The smallest absolute Gasteiger partial charge is 0.410 e. The molecule has 2 saturated heterocycles. The van der Waals surface area contributed by atoms with Gasteiger partial charge in [0.1, 0.15) is 5.60 Å². The van der Waals surface area contributed by atoms with E-state index in [2.05, 4.69) is 4.98 Å². The normalized spacial score (nSPS) is 26.3. The molecule has 24 heavy (non-hydrogen) atoms. The third-order valence-corrected chi connectivity index (χ3v) is 4.87. The topological polar surface area (TPSA) is 59.5 Å². The second kappa shape index (κ2) is 6.19. The standard InChI is InChI=1S/C19H26N2O3/c1-12-7-14(11-20-10-12)17(22)13-8-15-5-6-16(9-13)21(15)18(23)24-19(2,3)4/h7,10-11,13,15-16H,5-6,8-9H2,1-4H3. The molecule has 5 heteroatoms. The number of nitrogens with zero attached hydrogens (tertiary/aromatic N) is 2. The van der Waals surface area contributed by atoms with Crippen LogP contribution in [0.3, 0.4) is 0 Å². The summed E-state index contributed by atoms with van der Waals surface area (Å²) in [6, 6.07) is 2.13. The first-order valence-electron chi connectivity index (χ1n) is 8.72. The molecule has 1 aromatic heterocycles. The Labute approximate surface area is 143 Å². The van der Waals surface area contributed by atoms with E-state index in [1.807, 2.05) is 38.7 Å². The summed E-state index contributed by atoms with van der Waals surface area (Å²) in [5.74, 6) is 0.136. The Kier molecular flexibility index (Phi) is 4.37. The summed E-state index contributed by atoms with van der Waals surface area (Å²) in [6.07, 6.45) is 6.53. The van der Waals surface area contributed by atoms with Gasteiger partial charge in [0.2, 0.25) is 0 Å². The number of ketones is 1. The Morgan fingerprint density at radius 3 is 2.33 bits per heavy atom. The predicted molar refractivity (Wildman–Crippen MR) is 90.9 cm³/mol. The van der Waals surface area contributed by atoms with Gasteiger partial charge in [-0.1, -0.05) is 0 Å². The fourth-order valence-electron chi connectivity index (χ4n) is 3.93. The maximum absolute atomic E-state index is 12.8. The number of aryl methyl sites for hydroxylation is 1. The van der Waals surface area contributed by atoms with Gasteiger partial charge < -0.3 is 9.64 Å². The van der Waals surface area contributed by atoms with E-state index in [4.69, 9.17) is 4.74 Å². The Balaban J connectivity index is 1.71. The van der Waals surface area contributed by atoms with Gasteiger partial charge in [0.05, 0.1) is 0 Å². The minimum absolute atomic E-state index is 0.0233. The highest BCUT2D eigenvalue weighted by molar-refractivity contribution is 5.98. The van der Waals surface area contributed by atoms with Crippen LogP contribution in [-0.4, -0.2) is 39.4 Å². The van der Waals surface area contributed by atoms with Gasteiger partial charge >= 0.3 is 6.09 Å². The van der Waals surface area contributed by atoms with Gasteiger partial charge in [0.25, 0.3) is 0 Å². The zero-order valence-electron chi connectivity index (χ0n) is 14.9. The number of hydrogen-bond acceptors (Lipinski definition) is 4. The Morgan fingerprint density at radius 1 is 1.17 bits per heavy atom. The molecule has 0 aromatic carbocycles. The van der Waals surface area contributed by atoms with E-state index in [-0.39, 0.29) is 29.9 Å². The van der Waals surface area contributed by atoms with Crippen LogP contribution in [0, 0.1) is 12.8 Å². The van der Waals surface area contributed by atoms with E-state index in [9.17, 15) is 9.59 Å². The van der Waals surface area contributed by atoms with E-state index in [1.54, 1.807) is 12.4 Å². The van der Waals surface area contributed by atoms with Gasteiger partial charge in [-0.15, -0.1) is 0 Å². The second-order valence-corrected chi connectivity index (χ2v) is 8.06. The highest BCUT2D eigenvalue weighted by atomic mass is 16.6. The summed E-state index contributed by atoms with van der Waals surface area (Å²) < 4.78 is 5.55. The van der Waals surface area contributed by atoms with Crippen LogP contribution in [0.15, 0.2) is 18.5 Å². The SMILES string of the molecule is Cc1cncc(C(=O)C2CC3CCC(C2)N3C(=O)OC(C)(C)C)c1. The quantitative estimate of drug-likeness (QED) is 0.775. The van der Waals surface area contributed by atoms with Crippen LogP contribution in [0.5, 0.6) is 0 Å². The van der Waals surface area contributed by atoms with Crippen molar-refractivity contribution in [2.75, 3.05) is 0 Å². The average Bonchev–Trinajstić information content (AvgIpc) is 2.75. The summed E-state index contributed by atoms with van der Waals surface area (Å²) in [4.78, 5) is 31.3. The number of hydrogen-bond donors (Lipinski definition) is 0. The molecule has 2 aliphatic rings. The number of fused-ring (bicyclic) bond motifs is 2. The molecule has 2 fully saturated rings. The number of ether oxygens (including phenoxy) is 1. The van der Waals surface area contributed by atoms with Crippen molar-refractivity contribution >= 4 is 11.9 Å². The highest BCUT2D eigenvalue weighted by Gasteiger charge is 2.46. The van der Waals surface area contributed by atoms with Crippen LogP contribution in [0.2, 0.25) is 0 Å². The molecule has 0 aliphatic carbocycles. The lowest BCUT2D eigenvalue weighted by Crippen LogP contribution is -2.49. The summed E-state index contributed by atoms with van der Waals surface area (Å²) in [6.45, 7) is 7.59. The van der Waals surface area contributed by atoms with Crippen molar-refractivity contribution in [3.63, 3.8) is 0 Å². The average molecular weight is 330 g/mol. The molecule has 5 nitrogen and oxygen atoms in total. The predicted octanol–water partition coefficient (Wildman–Crippen LogP) is 3.75. The molecule has 0 spiro atoms. The van der Waals surface area contributed by atoms with Gasteiger partial charge in [-0.25, -0.2) is 4.79 Å². The molecule has 1 aromatic rings. The highest BCUT2D eigenvalue weighted by Crippen LogP contribution is 2.40. The molecule has 2 aliphatic heterocycles. The number of pyridine rings is 1. The molecule has 3 rings (SSSR count). The van der Waals surface area contributed by atoms with Crippen LogP contribution in [0.1, 0.15) is 62.4 Å². The molecule has 2 atom stereocenters. The lowest BCUT2D eigenvalue weighted by atomic mass is 9.85. The van der Waals surface area contributed by atoms with Crippen LogP contribution >= 0.6 is 0 Å². The third kappa shape index (κ3) is 3.45. The summed E-state index contributed by atoms with van der Waals surface area (Å²) in [5, 5.41) is 0. The fourth-order valence-corrected chi connectivity index (χ4v) is 3.93. The minimum Gasteiger partial charge on any atom is -0.444 e. The van der Waals surface area contributed by atoms with Crippen LogP contribution in [0.25, 0.3) is 0 Å². The number of piperidine rings is 1. The first kappa shape index (κ1) is 16.9. The molecule has 2 unspecified atom stereocenters. The number of carbonyl (C=O) groups is 2. The summed E-state index contributed by atoms with van der Waals surface area (Å²) in [5.41, 5.74) is 1.19. The van der Waals surface area contributed by atoms with Gasteiger partial charge in [-0.05, 0) is 65.0 Å². The van der Waals surface area contributed by atoms with Crippen LogP contribution in [-0.2, 0) is 4.74 Å². The second-order valence-electron chi connectivity index (χ2n) is 8.06. The Morgan fingerprint density at radius 2 is 1.79 bits per heavy atom. The lowest BCUT2D eigenvalue weighted by Gasteiger charge is -2.39. The first-order chi connectivity index (χ1) is 11.2. The minimum atomic E-state index is -0.490. The number of rotatable bonds is 2. The third-order valence-electron chi connectivity index (χ3n) is 4.87. The molecular formula is C19H26N2O3. The Bertz CT molecular complexity index is 636. The van der Waals surface area contributed by atoms with Crippen molar-refractivity contribution in [2.45, 2.75) is 71.1 Å². The molecule has 0 radical (unpaired) electrons. The zero-order valence-corrected chi connectivity index (χ0v) is 14.9. The molecule has 0 saturated carbocycles. The number of carbonyl (C=O) groups excluding carboxylic acids is 2. The van der Waals surface area contributed by atoms with Gasteiger partial charge in [-0.2, -0.15) is 0 Å². The lowest BCUT2D eigenvalue weighted by molar-refractivity contribution is 0.00254. The number of amides is 1. The fraction of sp³-hybridized carbons (Fsp3) is 0.632. The maximum Gasteiger partial charge on any atom is 0.410 e. The van der Waals surface area contributed by atoms with Crippen molar-refractivity contribution in [1.29, 1.82) is 0 Å². The van der Waals surface area contributed by atoms with E-state index in [0.717, 1.165) is 31.2 Å². The maximum atomic E-state index is 12.8. The number of aromatic nitrogens is 1. The molecule has 2 bridgehead atoms. The van der Waals surface area contributed by atoms with E-state index in [0.29, 0.717) is 5.56 Å². The van der Waals surface area contributed by atoms with Gasteiger partial charge in [-0.3, -0.25) is 9.78 Å². The largest absolute Gasteiger partial charge is 0.444 e. The van der Waals surface area contributed by atoms with E-state index >= 15 is 0 Å². The van der Waals surface area contributed by atoms with E-state index in [1.165, 1.54) is 0 Å². The van der Waals surface area contributed by atoms with Crippen molar-refractivity contribution in [3.05, 3.63) is 29.6 Å². The molecule has 0 N–H and O–H groups in total.